The first-order valence-electron chi connectivity index (χ1n) is 15.1. The fourth-order valence-corrected chi connectivity index (χ4v) is 8.41. The third-order valence-electron chi connectivity index (χ3n) is 9.19. The van der Waals surface area contributed by atoms with Crippen LogP contribution < -0.4 is 4.90 Å². The molecule has 0 unspecified atom stereocenters. The number of rotatable bonds is 9. The summed E-state index contributed by atoms with van der Waals surface area (Å²) in [5.74, 6) is -0.833. The van der Waals surface area contributed by atoms with Gasteiger partial charge < -0.3 is 4.90 Å². The van der Waals surface area contributed by atoms with Gasteiger partial charge in [-0.05, 0) is 83.2 Å². The fraction of sp³-hybridized carbons (Fsp3) is 0.371. The maximum absolute atomic E-state index is 12.0. The Labute approximate surface area is 272 Å². The molecule has 0 spiro atoms. The SMILES string of the molecule is CC1(C)C(/C=C/C2=C(Cl)C(=C/C=C3/N(CS(=O)(=O)O)c4ccccc4C3(C)C)/CCC2)=C(CCCS(=O)(=O)O)c2ccccc21. The smallest absolute Gasteiger partial charge is 0.283 e. The van der Waals surface area contributed by atoms with Gasteiger partial charge in [0.2, 0.25) is 0 Å². The van der Waals surface area contributed by atoms with Crippen LogP contribution in [0.25, 0.3) is 5.57 Å². The van der Waals surface area contributed by atoms with Crippen molar-refractivity contribution in [3.63, 3.8) is 0 Å². The molecule has 0 saturated heterocycles. The van der Waals surface area contributed by atoms with Crippen LogP contribution >= 0.6 is 11.6 Å². The Bertz CT molecular complexity index is 1900. The van der Waals surface area contributed by atoms with E-state index in [1.165, 1.54) is 5.56 Å². The molecule has 0 bridgehead atoms. The predicted molar refractivity (Wildman–Crippen MR) is 182 cm³/mol. The number of allylic oxidation sites excluding steroid dienone is 10. The summed E-state index contributed by atoms with van der Waals surface area (Å²) in [5.41, 5.74) is 8.08. The lowest BCUT2D eigenvalue weighted by Gasteiger charge is -2.26. The number of hydrogen-bond acceptors (Lipinski definition) is 5. The van der Waals surface area contributed by atoms with Gasteiger partial charge in [-0.3, -0.25) is 9.11 Å². The molecular formula is C35H40ClNO6S2. The van der Waals surface area contributed by atoms with Gasteiger partial charge in [-0.25, -0.2) is 0 Å². The van der Waals surface area contributed by atoms with Gasteiger partial charge in [0.25, 0.3) is 20.2 Å². The molecule has 0 aromatic heterocycles. The molecule has 2 aromatic carbocycles. The van der Waals surface area contributed by atoms with E-state index in [9.17, 15) is 25.9 Å². The van der Waals surface area contributed by atoms with Gasteiger partial charge >= 0.3 is 0 Å². The zero-order valence-electron chi connectivity index (χ0n) is 26.0. The van der Waals surface area contributed by atoms with Crippen LogP contribution in [0.4, 0.5) is 5.69 Å². The molecule has 2 aliphatic carbocycles. The molecule has 1 heterocycles. The maximum atomic E-state index is 12.0. The standard InChI is InChI=1S/C35H40ClNO6S2/c1-34(2)28-15-6-5-13-26(28)27(14-10-22-44(38,39)40)29(34)20-18-24-11-9-12-25(33(24)36)19-21-32-35(3,4)30-16-7-8-17-31(30)37(32)23-45(41,42)43/h5-8,13,15-21H,9-12,14,22-23H2,1-4H3,(H,38,39,40)(H,41,42,43)/b20-18+,25-19+,32-21+. The first-order valence-corrected chi connectivity index (χ1v) is 18.7. The number of halogens is 1. The lowest BCUT2D eigenvalue weighted by Crippen LogP contribution is -2.30. The monoisotopic (exact) mass is 669 g/mol. The summed E-state index contributed by atoms with van der Waals surface area (Å²) in [6.45, 7) is 8.40. The molecule has 5 rings (SSSR count). The van der Waals surface area contributed by atoms with Crippen LogP contribution in [0.1, 0.15) is 76.5 Å². The Morgan fingerprint density at radius 2 is 1.51 bits per heavy atom. The highest BCUT2D eigenvalue weighted by molar-refractivity contribution is 7.86. The first-order chi connectivity index (χ1) is 21.0. The van der Waals surface area contributed by atoms with Crippen LogP contribution in [-0.2, 0) is 31.1 Å². The Hall–Kier alpha value is -2.95. The number of fused-ring (bicyclic) bond motifs is 2. The average molecular weight is 670 g/mol. The van der Waals surface area contributed by atoms with E-state index in [-0.39, 0.29) is 11.2 Å². The molecule has 1 aliphatic heterocycles. The molecule has 2 aromatic rings. The fourth-order valence-electron chi connectivity index (χ4n) is 6.98. The van der Waals surface area contributed by atoms with Gasteiger partial charge in [-0.1, -0.05) is 100.0 Å². The number of benzene rings is 2. The maximum Gasteiger partial charge on any atom is 0.283 e. The summed E-state index contributed by atoms with van der Waals surface area (Å²) in [6.07, 6.45) is 11.3. The molecule has 10 heteroatoms. The molecule has 3 aliphatic rings. The van der Waals surface area contributed by atoms with Crippen LogP contribution in [0.5, 0.6) is 0 Å². The summed E-state index contributed by atoms with van der Waals surface area (Å²) < 4.78 is 65.8. The van der Waals surface area contributed by atoms with Crippen molar-refractivity contribution in [1.29, 1.82) is 0 Å². The molecule has 0 atom stereocenters. The van der Waals surface area contributed by atoms with Crippen molar-refractivity contribution in [3.8, 4) is 0 Å². The van der Waals surface area contributed by atoms with Crippen molar-refractivity contribution < 1.29 is 25.9 Å². The van der Waals surface area contributed by atoms with Crippen molar-refractivity contribution in [2.75, 3.05) is 16.5 Å². The first kappa shape index (κ1) is 33.4. The summed E-state index contributed by atoms with van der Waals surface area (Å²) in [4.78, 5) is 1.65. The predicted octanol–water partition coefficient (Wildman–Crippen LogP) is 8.09. The molecule has 2 N–H and O–H groups in total. The molecular weight excluding hydrogens is 630 g/mol. The van der Waals surface area contributed by atoms with Crippen LogP contribution in [0.2, 0.25) is 0 Å². The summed E-state index contributed by atoms with van der Waals surface area (Å²) >= 11 is 7.02. The molecule has 240 valence electrons. The van der Waals surface area contributed by atoms with Gasteiger partial charge in [-0.15, -0.1) is 0 Å². The lowest BCUT2D eigenvalue weighted by atomic mass is 9.80. The van der Waals surface area contributed by atoms with E-state index in [1.807, 2.05) is 62.4 Å². The number of hydrogen-bond donors (Lipinski definition) is 2. The minimum atomic E-state index is -4.29. The van der Waals surface area contributed by atoms with E-state index in [0.717, 1.165) is 64.1 Å². The van der Waals surface area contributed by atoms with Crippen LogP contribution in [0.3, 0.4) is 0 Å². The topological polar surface area (TPSA) is 112 Å². The molecule has 0 fully saturated rings. The van der Waals surface area contributed by atoms with Gasteiger partial charge in [-0.2, -0.15) is 16.8 Å². The van der Waals surface area contributed by atoms with E-state index >= 15 is 0 Å². The number of nitrogens with zero attached hydrogens (tertiary/aromatic N) is 1. The lowest BCUT2D eigenvalue weighted by molar-refractivity contribution is 0.479. The third kappa shape index (κ3) is 6.93. The highest BCUT2D eigenvalue weighted by Gasteiger charge is 2.41. The highest BCUT2D eigenvalue weighted by atomic mass is 35.5. The van der Waals surface area contributed by atoms with Crippen LogP contribution in [0, 0.1) is 0 Å². The van der Waals surface area contributed by atoms with Gasteiger partial charge in [0.05, 0.1) is 5.75 Å². The van der Waals surface area contributed by atoms with Crippen LogP contribution in [0.15, 0.2) is 100 Å². The van der Waals surface area contributed by atoms with E-state index in [4.69, 9.17) is 11.6 Å². The van der Waals surface area contributed by atoms with Crippen molar-refractivity contribution in [1.82, 2.24) is 0 Å². The van der Waals surface area contributed by atoms with Gasteiger partial charge in [0, 0.05) is 27.2 Å². The summed E-state index contributed by atoms with van der Waals surface area (Å²) in [7, 11) is -8.34. The molecule has 7 nitrogen and oxygen atoms in total. The Balaban J connectivity index is 1.50. The Morgan fingerprint density at radius 3 is 2.20 bits per heavy atom. The quantitative estimate of drug-likeness (QED) is 0.260. The van der Waals surface area contributed by atoms with Crippen molar-refractivity contribution in [2.24, 2.45) is 0 Å². The molecule has 45 heavy (non-hydrogen) atoms. The summed E-state index contributed by atoms with van der Waals surface area (Å²) in [6, 6.07) is 15.8. The zero-order valence-corrected chi connectivity index (χ0v) is 28.4. The second-order valence-electron chi connectivity index (χ2n) is 13.0. The molecule has 0 radical (unpaired) electrons. The van der Waals surface area contributed by atoms with Crippen molar-refractivity contribution >= 4 is 43.1 Å². The number of anilines is 1. The van der Waals surface area contributed by atoms with Crippen molar-refractivity contribution in [3.05, 3.63) is 117 Å². The molecule has 0 saturated carbocycles. The largest absolute Gasteiger partial charge is 0.327 e. The number of para-hydroxylation sites is 1. The zero-order chi connectivity index (χ0) is 32.8. The normalized spacial score (nSPS) is 21.4. The van der Waals surface area contributed by atoms with E-state index in [1.54, 1.807) is 4.90 Å². The Kier molecular flexibility index (Phi) is 9.16. The van der Waals surface area contributed by atoms with E-state index < -0.39 is 31.5 Å². The average Bonchev–Trinajstić information content (AvgIpc) is 3.29. The van der Waals surface area contributed by atoms with E-state index in [2.05, 4.69) is 38.1 Å². The van der Waals surface area contributed by atoms with E-state index in [0.29, 0.717) is 17.9 Å². The van der Waals surface area contributed by atoms with Crippen LogP contribution in [-0.4, -0.2) is 37.6 Å². The Morgan fingerprint density at radius 1 is 0.844 bits per heavy atom. The summed E-state index contributed by atoms with van der Waals surface area (Å²) in [5, 5.41) is 0.658. The highest BCUT2D eigenvalue weighted by Crippen LogP contribution is 2.50. The van der Waals surface area contributed by atoms with Gasteiger partial charge in [0.1, 0.15) is 0 Å². The second kappa shape index (κ2) is 12.3. The van der Waals surface area contributed by atoms with Gasteiger partial charge in [0.15, 0.2) is 5.88 Å². The third-order valence-corrected chi connectivity index (χ3v) is 11.1. The van der Waals surface area contributed by atoms with Crippen molar-refractivity contribution in [2.45, 2.75) is 70.6 Å². The minimum absolute atomic E-state index is 0.291. The minimum Gasteiger partial charge on any atom is -0.327 e. The second-order valence-corrected chi connectivity index (χ2v) is 16.4. The molecule has 0 amide bonds.